The number of aromatic nitrogens is 2. The molecule has 2 rings (SSSR count). The van der Waals surface area contributed by atoms with Crippen LogP contribution in [-0.4, -0.2) is 16.1 Å². The SMILES string of the molecule is CCC[NH2+][C@@H](C)c1nc2cc(Cl)ccc2c(=O)n1CC. The molecule has 0 unspecified atom stereocenters. The molecule has 0 aliphatic heterocycles. The summed E-state index contributed by atoms with van der Waals surface area (Å²) in [4.78, 5) is 17.2. The third-order valence-electron chi connectivity index (χ3n) is 3.48. The third kappa shape index (κ3) is 2.86. The van der Waals surface area contributed by atoms with Crippen LogP contribution in [0.3, 0.4) is 0 Å². The summed E-state index contributed by atoms with van der Waals surface area (Å²) in [5, 5.41) is 3.45. The average molecular weight is 295 g/mol. The lowest BCUT2D eigenvalue weighted by atomic mass is 10.2. The van der Waals surface area contributed by atoms with E-state index in [4.69, 9.17) is 11.6 Å². The Bertz CT molecular complexity index is 666. The summed E-state index contributed by atoms with van der Waals surface area (Å²) in [7, 11) is 0. The minimum absolute atomic E-state index is 0.0147. The van der Waals surface area contributed by atoms with Gasteiger partial charge in [0.2, 0.25) is 0 Å². The van der Waals surface area contributed by atoms with Crippen LogP contribution in [0.25, 0.3) is 10.9 Å². The molecule has 0 saturated carbocycles. The molecule has 1 aromatic heterocycles. The zero-order valence-electron chi connectivity index (χ0n) is 12.2. The van der Waals surface area contributed by atoms with Crippen molar-refractivity contribution in [3.05, 3.63) is 39.4 Å². The molecular weight excluding hydrogens is 274 g/mol. The predicted octanol–water partition coefficient (Wildman–Crippen LogP) is 2.10. The van der Waals surface area contributed by atoms with Crippen molar-refractivity contribution in [1.82, 2.24) is 9.55 Å². The summed E-state index contributed by atoms with van der Waals surface area (Å²) in [6, 6.07) is 5.41. The molecule has 108 valence electrons. The van der Waals surface area contributed by atoms with E-state index in [1.807, 2.05) is 6.92 Å². The van der Waals surface area contributed by atoms with Crippen molar-refractivity contribution in [3.63, 3.8) is 0 Å². The molecule has 1 atom stereocenters. The number of fused-ring (bicyclic) bond motifs is 1. The standard InChI is InChI=1S/C15H20ClN3O/c1-4-8-17-10(3)14-18-13-9-11(16)6-7-12(13)15(20)19(14)5-2/h6-7,9-10,17H,4-5,8H2,1-3H3/p+1/t10-/m0/s1. The number of nitrogens with zero attached hydrogens (tertiary/aromatic N) is 2. The second-order valence-corrected chi connectivity index (χ2v) is 5.43. The largest absolute Gasteiger partial charge is 0.338 e. The highest BCUT2D eigenvalue weighted by Crippen LogP contribution is 2.16. The Hall–Kier alpha value is -1.39. The van der Waals surface area contributed by atoms with E-state index in [1.165, 1.54) is 0 Å². The first-order chi connectivity index (χ1) is 9.58. The van der Waals surface area contributed by atoms with E-state index in [9.17, 15) is 4.79 Å². The zero-order valence-corrected chi connectivity index (χ0v) is 12.9. The van der Waals surface area contributed by atoms with Gasteiger partial charge in [0.1, 0.15) is 6.04 Å². The molecule has 0 aliphatic rings. The summed E-state index contributed by atoms with van der Waals surface area (Å²) in [5.41, 5.74) is 0.694. The van der Waals surface area contributed by atoms with Gasteiger partial charge in [0.15, 0.2) is 5.82 Å². The lowest BCUT2D eigenvalue weighted by Crippen LogP contribution is -2.85. The van der Waals surface area contributed by atoms with E-state index in [-0.39, 0.29) is 11.6 Å². The minimum Gasteiger partial charge on any atom is -0.338 e. The van der Waals surface area contributed by atoms with Crippen LogP contribution in [0.2, 0.25) is 5.02 Å². The zero-order chi connectivity index (χ0) is 14.7. The number of halogens is 1. The van der Waals surface area contributed by atoms with Gasteiger partial charge in [-0.25, -0.2) is 4.98 Å². The van der Waals surface area contributed by atoms with E-state index in [0.717, 1.165) is 18.8 Å². The number of hydrogen-bond donors (Lipinski definition) is 1. The molecule has 5 heteroatoms. The first-order valence-corrected chi connectivity index (χ1v) is 7.49. The molecule has 0 fully saturated rings. The highest BCUT2D eigenvalue weighted by Gasteiger charge is 2.17. The summed E-state index contributed by atoms with van der Waals surface area (Å²) in [6.07, 6.45) is 1.10. The Morgan fingerprint density at radius 3 is 2.80 bits per heavy atom. The van der Waals surface area contributed by atoms with Gasteiger partial charge in [-0.3, -0.25) is 9.36 Å². The highest BCUT2D eigenvalue weighted by atomic mass is 35.5. The maximum Gasteiger partial charge on any atom is 0.261 e. The molecule has 1 aromatic carbocycles. The summed E-state index contributed by atoms with van der Waals surface area (Å²) in [6.45, 7) is 7.85. The van der Waals surface area contributed by atoms with Crippen LogP contribution >= 0.6 is 11.6 Å². The molecule has 4 nitrogen and oxygen atoms in total. The smallest absolute Gasteiger partial charge is 0.261 e. The van der Waals surface area contributed by atoms with E-state index in [0.29, 0.717) is 22.5 Å². The van der Waals surface area contributed by atoms with Crippen LogP contribution in [-0.2, 0) is 6.54 Å². The lowest BCUT2D eigenvalue weighted by molar-refractivity contribution is -0.694. The summed E-state index contributed by atoms with van der Waals surface area (Å²) < 4.78 is 1.76. The van der Waals surface area contributed by atoms with E-state index < -0.39 is 0 Å². The maximum atomic E-state index is 12.5. The summed E-state index contributed by atoms with van der Waals surface area (Å²) >= 11 is 6.00. The maximum absolute atomic E-state index is 12.5. The molecule has 0 bridgehead atoms. The average Bonchev–Trinajstić information content (AvgIpc) is 2.44. The van der Waals surface area contributed by atoms with Gasteiger partial charge in [-0.1, -0.05) is 18.5 Å². The van der Waals surface area contributed by atoms with Crippen molar-refractivity contribution in [2.45, 2.75) is 39.8 Å². The fourth-order valence-electron chi connectivity index (χ4n) is 2.39. The van der Waals surface area contributed by atoms with Crippen molar-refractivity contribution in [2.75, 3.05) is 6.54 Å². The lowest BCUT2D eigenvalue weighted by Gasteiger charge is -2.16. The molecule has 0 spiro atoms. The third-order valence-corrected chi connectivity index (χ3v) is 3.71. The normalized spacial score (nSPS) is 12.8. The molecule has 0 saturated heterocycles. The van der Waals surface area contributed by atoms with Gasteiger partial charge in [0, 0.05) is 11.6 Å². The van der Waals surface area contributed by atoms with Gasteiger partial charge < -0.3 is 5.32 Å². The quantitative estimate of drug-likeness (QED) is 0.918. The number of benzene rings is 1. The molecule has 1 heterocycles. The fourth-order valence-corrected chi connectivity index (χ4v) is 2.55. The Morgan fingerprint density at radius 2 is 2.15 bits per heavy atom. The molecule has 2 N–H and O–H groups in total. The van der Waals surface area contributed by atoms with Crippen LogP contribution in [0.4, 0.5) is 0 Å². The molecule has 20 heavy (non-hydrogen) atoms. The van der Waals surface area contributed by atoms with Gasteiger partial charge in [0.25, 0.3) is 5.56 Å². The Morgan fingerprint density at radius 1 is 1.40 bits per heavy atom. The topological polar surface area (TPSA) is 51.5 Å². The van der Waals surface area contributed by atoms with E-state index in [2.05, 4.69) is 24.1 Å². The van der Waals surface area contributed by atoms with Crippen LogP contribution in [0.5, 0.6) is 0 Å². The van der Waals surface area contributed by atoms with Crippen LogP contribution in [0.1, 0.15) is 39.1 Å². The van der Waals surface area contributed by atoms with Crippen molar-refractivity contribution in [3.8, 4) is 0 Å². The monoisotopic (exact) mass is 294 g/mol. The van der Waals surface area contributed by atoms with E-state index >= 15 is 0 Å². The predicted molar refractivity (Wildman–Crippen MR) is 82.2 cm³/mol. The highest BCUT2D eigenvalue weighted by molar-refractivity contribution is 6.31. The molecular formula is C15H21ClN3O+. The van der Waals surface area contributed by atoms with Gasteiger partial charge >= 0.3 is 0 Å². The minimum atomic E-state index is 0.0147. The number of rotatable bonds is 5. The Balaban J connectivity index is 2.60. The summed E-state index contributed by atoms with van der Waals surface area (Å²) in [5.74, 6) is 0.820. The Labute approximate surface area is 123 Å². The van der Waals surface area contributed by atoms with Gasteiger partial charge in [-0.2, -0.15) is 0 Å². The number of nitrogens with two attached hydrogens (primary N) is 1. The second kappa shape index (κ2) is 6.37. The van der Waals surface area contributed by atoms with Crippen molar-refractivity contribution >= 4 is 22.5 Å². The van der Waals surface area contributed by atoms with Crippen molar-refractivity contribution in [1.29, 1.82) is 0 Å². The van der Waals surface area contributed by atoms with Gasteiger partial charge in [-0.05, 0) is 38.5 Å². The second-order valence-electron chi connectivity index (χ2n) is 4.99. The Kier molecular flexibility index (Phi) is 4.78. The first kappa shape index (κ1) is 15.0. The first-order valence-electron chi connectivity index (χ1n) is 7.11. The number of hydrogen-bond acceptors (Lipinski definition) is 2. The van der Waals surface area contributed by atoms with Gasteiger partial charge in [-0.15, -0.1) is 0 Å². The van der Waals surface area contributed by atoms with Crippen molar-refractivity contribution < 1.29 is 5.32 Å². The molecule has 2 aromatic rings. The number of quaternary nitrogens is 1. The van der Waals surface area contributed by atoms with Crippen LogP contribution in [0, 0.1) is 0 Å². The van der Waals surface area contributed by atoms with Crippen LogP contribution in [0.15, 0.2) is 23.0 Å². The van der Waals surface area contributed by atoms with E-state index in [1.54, 1.807) is 22.8 Å². The van der Waals surface area contributed by atoms with Crippen LogP contribution < -0.4 is 10.9 Å². The molecule has 0 radical (unpaired) electrons. The fraction of sp³-hybridized carbons (Fsp3) is 0.467. The molecule has 0 aliphatic carbocycles. The molecule has 0 amide bonds. The van der Waals surface area contributed by atoms with Gasteiger partial charge in [0.05, 0.1) is 17.4 Å². The van der Waals surface area contributed by atoms with Crippen molar-refractivity contribution in [2.24, 2.45) is 0 Å².